The van der Waals surface area contributed by atoms with Crippen molar-refractivity contribution < 1.29 is 9.59 Å². The van der Waals surface area contributed by atoms with E-state index in [1.807, 2.05) is 25.7 Å². The van der Waals surface area contributed by atoms with Crippen LogP contribution in [-0.4, -0.2) is 40.8 Å². The molecule has 26 heavy (non-hydrogen) atoms. The van der Waals surface area contributed by atoms with Crippen LogP contribution in [0.3, 0.4) is 0 Å². The maximum absolute atomic E-state index is 13.0. The number of piperidine rings is 1. The van der Waals surface area contributed by atoms with Gasteiger partial charge < -0.3 is 15.2 Å². The highest BCUT2D eigenvalue weighted by atomic mass is 16.2. The van der Waals surface area contributed by atoms with Gasteiger partial charge in [-0.3, -0.25) is 9.59 Å². The van der Waals surface area contributed by atoms with Gasteiger partial charge in [-0.1, -0.05) is 25.7 Å². The molecule has 1 aliphatic carbocycles. The summed E-state index contributed by atoms with van der Waals surface area (Å²) in [4.78, 5) is 30.8. The Bertz CT molecular complexity index is 656. The van der Waals surface area contributed by atoms with E-state index in [-0.39, 0.29) is 17.7 Å². The summed E-state index contributed by atoms with van der Waals surface area (Å²) in [6, 6.07) is 0.326. The Morgan fingerprint density at radius 2 is 1.65 bits per heavy atom. The van der Waals surface area contributed by atoms with Gasteiger partial charge in [-0.15, -0.1) is 0 Å². The van der Waals surface area contributed by atoms with Gasteiger partial charge in [-0.25, -0.2) is 0 Å². The lowest BCUT2D eigenvalue weighted by molar-refractivity contribution is -0.127. The van der Waals surface area contributed by atoms with Gasteiger partial charge >= 0.3 is 0 Å². The fraction of sp³-hybridized carbons (Fsp3) is 0.714. The van der Waals surface area contributed by atoms with Crippen molar-refractivity contribution in [3.63, 3.8) is 0 Å². The lowest BCUT2D eigenvalue weighted by Crippen LogP contribution is -2.47. The molecule has 1 saturated heterocycles. The lowest BCUT2D eigenvalue weighted by Gasteiger charge is -2.33. The van der Waals surface area contributed by atoms with Crippen LogP contribution in [0.4, 0.5) is 0 Å². The Morgan fingerprint density at radius 3 is 2.27 bits per heavy atom. The number of amides is 2. The largest absolute Gasteiger partial charge is 0.354 e. The number of rotatable bonds is 3. The molecule has 5 heteroatoms. The van der Waals surface area contributed by atoms with Gasteiger partial charge in [0.25, 0.3) is 5.91 Å². The van der Waals surface area contributed by atoms with Crippen molar-refractivity contribution in [2.24, 2.45) is 5.92 Å². The molecule has 144 valence electrons. The van der Waals surface area contributed by atoms with Crippen LogP contribution >= 0.6 is 0 Å². The predicted octanol–water partition coefficient (Wildman–Crippen LogP) is 3.63. The third-order valence-electron chi connectivity index (χ3n) is 6.31. The number of aromatic nitrogens is 1. The zero-order valence-electron chi connectivity index (χ0n) is 16.5. The third-order valence-corrected chi connectivity index (χ3v) is 6.31. The summed E-state index contributed by atoms with van der Waals surface area (Å²) in [5.74, 6) is 0.101. The molecule has 2 heterocycles. The fourth-order valence-corrected chi connectivity index (χ4v) is 4.33. The van der Waals surface area contributed by atoms with E-state index in [9.17, 15) is 9.59 Å². The molecule has 2 fully saturated rings. The summed E-state index contributed by atoms with van der Waals surface area (Å²) in [6.45, 7) is 7.30. The number of hydrogen-bond donors (Lipinski definition) is 2. The molecule has 1 unspecified atom stereocenters. The van der Waals surface area contributed by atoms with E-state index in [0.29, 0.717) is 18.3 Å². The van der Waals surface area contributed by atoms with E-state index in [1.54, 1.807) is 0 Å². The van der Waals surface area contributed by atoms with E-state index in [0.717, 1.165) is 49.0 Å². The summed E-state index contributed by atoms with van der Waals surface area (Å²) < 4.78 is 0. The molecule has 1 atom stereocenters. The molecule has 0 aromatic carbocycles. The van der Waals surface area contributed by atoms with Crippen molar-refractivity contribution in [2.45, 2.75) is 78.2 Å². The zero-order chi connectivity index (χ0) is 18.7. The number of carbonyl (C=O) groups excluding carboxylic acids is 2. The SMILES string of the molecule is Cc1[nH]c(C(=O)N2CCCC(C(=O)NC3CCCCCC3)C2)c(C)c1C. The van der Waals surface area contributed by atoms with Gasteiger partial charge in [-0.2, -0.15) is 0 Å². The van der Waals surface area contributed by atoms with Crippen LogP contribution in [0, 0.1) is 26.7 Å². The van der Waals surface area contributed by atoms with Crippen molar-refractivity contribution in [1.82, 2.24) is 15.2 Å². The highest BCUT2D eigenvalue weighted by Crippen LogP contribution is 2.23. The topological polar surface area (TPSA) is 65.2 Å². The predicted molar refractivity (Wildman–Crippen MR) is 103 cm³/mol. The molecule has 1 aromatic rings. The second-order valence-electron chi connectivity index (χ2n) is 8.16. The number of likely N-dealkylation sites (tertiary alicyclic amines) is 1. The summed E-state index contributed by atoms with van der Waals surface area (Å²) in [6.07, 6.45) is 8.97. The molecule has 3 rings (SSSR count). The zero-order valence-corrected chi connectivity index (χ0v) is 16.5. The van der Waals surface area contributed by atoms with Crippen LogP contribution in [0.25, 0.3) is 0 Å². The fourth-order valence-electron chi connectivity index (χ4n) is 4.33. The van der Waals surface area contributed by atoms with Gasteiger partial charge in [-0.05, 0) is 57.6 Å². The van der Waals surface area contributed by atoms with Crippen LogP contribution in [-0.2, 0) is 4.79 Å². The average molecular weight is 360 g/mol. The highest BCUT2D eigenvalue weighted by molar-refractivity contribution is 5.95. The first kappa shape index (κ1) is 19.0. The van der Waals surface area contributed by atoms with E-state index in [1.165, 1.54) is 25.7 Å². The second kappa shape index (κ2) is 8.28. The molecule has 1 aliphatic heterocycles. The molecule has 1 aromatic heterocycles. The quantitative estimate of drug-likeness (QED) is 0.810. The number of aromatic amines is 1. The molecule has 2 aliphatic rings. The smallest absolute Gasteiger partial charge is 0.270 e. The normalized spacial score (nSPS) is 22.1. The molecule has 2 amide bonds. The maximum atomic E-state index is 13.0. The minimum Gasteiger partial charge on any atom is -0.354 e. The molecule has 0 spiro atoms. The van der Waals surface area contributed by atoms with Gasteiger partial charge in [0.1, 0.15) is 5.69 Å². The third kappa shape index (κ3) is 4.13. The number of nitrogens with one attached hydrogen (secondary N) is 2. The number of aryl methyl sites for hydroxylation is 1. The Hall–Kier alpha value is -1.78. The number of carbonyl (C=O) groups is 2. The summed E-state index contributed by atoms with van der Waals surface area (Å²) in [5, 5.41) is 3.27. The summed E-state index contributed by atoms with van der Waals surface area (Å²) in [5.41, 5.74) is 3.90. The van der Waals surface area contributed by atoms with Gasteiger partial charge in [0, 0.05) is 24.8 Å². The van der Waals surface area contributed by atoms with Crippen molar-refractivity contribution >= 4 is 11.8 Å². The van der Waals surface area contributed by atoms with E-state index < -0.39 is 0 Å². The minimum atomic E-state index is -0.0755. The van der Waals surface area contributed by atoms with E-state index >= 15 is 0 Å². The molecule has 5 nitrogen and oxygen atoms in total. The van der Waals surface area contributed by atoms with Crippen LogP contribution in [0.15, 0.2) is 0 Å². The highest BCUT2D eigenvalue weighted by Gasteiger charge is 2.31. The Balaban J connectivity index is 1.62. The van der Waals surface area contributed by atoms with Crippen molar-refractivity contribution in [2.75, 3.05) is 13.1 Å². The molecular formula is C21H33N3O2. The molecule has 0 bridgehead atoms. The minimum absolute atomic E-state index is 0.0330. The molecule has 1 saturated carbocycles. The number of hydrogen-bond acceptors (Lipinski definition) is 2. The molecule has 0 radical (unpaired) electrons. The number of nitrogens with zero attached hydrogens (tertiary/aromatic N) is 1. The second-order valence-corrected chi connectivity index (χ2v) is 8.16. The van der Waals surface area contributed by atoms with Crippen LogP contribution in [0.5, 0.6) is 0 Å². The monoisotopic (exact) mass is 359 g/mol. The van der Waals surface area contributed by atoms with Crippen molar-refractivity contribution in [3.05, 3.63) is 22.5 Å². The first-order valence-electron chi connectivity index (χ1n) is 10.2. The van der Waals surface area contributed by atoms with Crippen molar-refractivity contribution in [3.8, 4) is 0 Å². The maximum Gasteiger partial charge on any atom is 0.270 e. The van der Waals surface area contributed by atoms with Crippen LogP contribution < -0.4 is 5.32 Å². The Labute approximate surface area is 156 Å². The summed E-state index contributed by atoms with van der Waals surface area (Å²) >= 11 is 0. The van der Waals surface area contributed by atoms with E-state index in [2.05, 4.69) is 10.3 Å². The van der Waals surface area contributed by atoms with Gasteiger partial charge in [0.05, 0.1) is 5.92 Å². The summed E-state index contributed by atoms with van der Waals surface area (Å²) in [7, 11) is 0. The lowest BCUT2D eigenvalue weighted by atomic mass is 9.95. The molecular weight excluding hydrogens is 326 g/mol. The standard InChI is InChI=1S/C21H33N3O2/c1-14-15(2)19(22-16(14)3)21(26)24-12-8-9-17(13-24)20(25)23-18-10-6-4-5-7-11-18/h17-18,22H,4-13H2,1-3H3,(H,23,25). The Morgan fingerprint density at radius 1 is 0.962 bits per heavy atom. The first-order valence-corrected chi connectivity index (χ1v) is 10.2. The number of H-pyrrole nitrogens is 1. The van der Waals surface area contributed by atoms with Gasteiger partial charge in [0.15, 0.2) is 0 Å². The van der Waals surface area contributed by atoms with Gasteiger partial charge in [0.2, 0.25) is 5.91 Å². The first-order chi connectivity index (χ1) is 12.5. The average Bonchev–Trinajstić information content (AvgIpc) is 2.84. The van der Waals surface area contributed by atoms with Crippen LogP contribution in [0.2, 0.25) is 0 Å². The van der Waals surface area contributed by atoms with Crippen molar-refractivity contribution in [1.29, 1.82) is 0 Å². The molecule has 2 N–H and O–H groups in total. The van der Waals surface area contributed by atoms with Crippen LogP contribution in [0.1, 0.15) is 78.7 Å². The Kier molecular flexibility index (Phi) is 6.05. The van der Waals surface area contributed by atoms with E-state index in [4.69, 9.17) is 0 Å².